The Hall–Kier alpha value is -1.04. The van der Waals surface area contributed by atoms with Crippen LogP contribution >= 0.6 is 35.0 Å². The van der Waals surface area contributed by atoms with Crippen molar-refractivity contribution >= 4 is 40.8 Å². The van der Waals surface area contributed by atoms with Crippen LogP contribution in [0.1, 0.15) is 24.5 Å². The molecule has 2 aromatic heterocycles. The Morgan fingerprint density at radius 2 is 2.05 bits per heavy atom. The minimum absolute atomic E-state index is 0.279. The Morgan fingerprint density at radius 3 is 2.74 bits per heavy atom. The van der Waals surface area contributed by atoms with E-state index in [9.17, 15) is 0 Å². The quantitative estimate of drug-likeness (QED) is 0.934. The second-order valence-electron chi connectivity index (χ2n) is 4.27. The summed E-state index contributed by atoms with van der Waals surface area (Å²) in [5.74, 6) is 0.806. The molecule has 0 radical (unpaired) electrons. The van der Waals surface area contributed by atoms with Crippen LogP contribution in [-0.4, -0.2) is 15.0 Å². The number of rotatable bonds is 3. The number of halogens is 2. The minimum Gasteiger partial charge on any atom is -0.381 e. The number of nitrogens with zero attached hydrogens (tertiary/aromatic N) is 3. The van der Waals surface area contributed by atoms with E-state index in [0.29, 0.717) is 21.8 Å². The average Bonchev–Trinajstić information content (AvgIpc) is 3.19. The summed E-state index contributed by atoms with van der Waals surface area (Å²) in [5.41, 5.74) is 6.76. The third-order valence-electron chi connectivity index (χ3n) is 2.79. The summed E-state index contributed by atoms with van der Waals surface area (Å²) in [6.45, 7) is 0. The summed E-state index contributed by atoms with van der Waals surface area (Å²) in [5, 5.41) is 1.56. The Balaban J connectivity index is 1.92. The molecule has 2 heterocycles. The van der Waals surface area contributed by atoms with E-state index in [1.54, 1.807) is 6.20 Å². The summed E-state index contributed by atoms with van der Waals surface area (Å²) in [7, 11) is 0. The lowest BCUT2D eigenvalue weighted by atomic mass is 10.2. The number of pyridine rings is 1. The molecule has 1 aliphatic rings. The van der Waals surface area contributed by atoms with Gasteiger partial charge < -0.3 is 5.73 Å². The molecule has 7 heteroatoms. The van der Waals surface area contributed by atoms with Gasteiger partial charge in [0.25, 0.3) is 0 Å². The van der Waals surface area contributed by atoms with E-state index in [0.717, 1.165) is 23.4 Å². The number of anilines is 1. The van der Waals surface area contributed by atoms with Crippen LogP contribution in [0.5, 0.6) is 0 Å². The molecule has 1 saturated carbocycles. The Morgan fingerprint density at radius 1 is 1.26 bits per heavy atom. The van der Waals surface area contributed by atoms with Gasteiger partial charge in [0.2, 0.25) is 0 Å². The topological polar surface area (TPSA) is 64.7 Å². The SMILES string of the molecule is Nc1nc(Cl)cnc1Sc1ccnc(C2CC2)c1Cl. The predicted molar refractivity (Wildman–Crippen MR) is 76.8 cm³/mol. The normalized spacial score (nSPS) is 14.6. The first-order valence-corrected chi connectivity index (χ1v) is 7.32. The fourth-order valence-electron chi connectivity index (χ4n) is 1.71. The maximum Gasteiger partial charge on any atom is 0.158 e. The van der Waals surface area contributed by atoms with Gasteiger partial charge in [0, 0.05) is 17.0 Å². The molecule has 2 N–H and O–H groups in total. The van der Waals surface area contributed by atoms with Crippen molar-refractivity contribution < 1.29 is 0 Å². The molecule has 2 aromatic rings. The molecule has 0 aliphatic heterocycles. The summed E-state index contributed by atoms with van der Waals surface area (Å²) >= 11 is 13.5. The van der Waals surface area contributed by atoms with Gasteiger partial charge in [0.15, 0.2) is 5.82 Å². The average molecular weight is 313 g/mol. The molecule has 0 amide bonds. The van der Waals surface area contributed by atoms with Gasteiger partial charge in [0.1, 0.15) is 10.2 Å². The summed E-state index contributed by atoms with van der Waals surface area (Å²) < 4.78 is 0. The third-order valence-corrected chi connectivity index (χ3v) is 4.55. The Kier molecular flexibility index (Phi) is 3.52. The molecular weight excluding hydrogens is 303 g/mol. The van der Waals surface area contributed by atoms with Crippen molar-refractivity contribution in [1.29, 1.82) is 0 Å². The van der Waals surface area contributed by atoms with Gasteiger partial charge in [-0.3, -0.25) is 4.98 Å². The summed E-state index contributed by atoms with van der Waals surface area (Å²) in [6, 6.07) is 1.86. The van der Waals surface area contributed by atoms with E-state index < -0.39 is 0 Å². The van der Waals surface area contributed by atoms with Gasteiger partial charge in [-0.25, -0.2) is 9.97 Å². The highest BCUT2D eigenvalue weighted by molar-refractivity contribution is 7.99. The van der Waals surface area contributed by atoms with Crippen molar-refractivity contribution in [3.8, 4) is 0 Å². The number of hydrogen-bond donors (Lipinski definition) is 1. The second-order valence-corrected chi connectivity index (χ2v) is 6.06. The van der Waals surface area contributed by atoms with E-state index in [1.165, 1.54) is 18.0 Å². The molecular formula is C12H10Cl2N4S. The van der Waals surface area contributed by atoms with Crippen LogP contribution in [0.4, 0.5) is 5.82 Å². The largest absolute Gasteiger partial charge is 0.381 e. The summed E-state index contributed by atoms with van der Waals surface area (Å²) in [4.78, 5) is 13.4. The number of aromatic nitrogens is 3. The van der Waals surface area contributed by atoms with Crippen LogP contribution in [-0.2, 0) is 0 Å². The molecule has 98 valence electrons. The van der Waals surface area contributed by atoms with Gasteiger partial charge in [-0.1, -0.05) is 35.0 Å². The molecule has 4 nitrogen and oxygen atoms in total. The van der Waals surface area contributed by atoms with Gasteiger partial charge in [-0.15, -0.1) is 0 Å². The fraction of sp³-hybridized carbons (Fsp3) is 0.250. The van der Waals surface area contributed by atoms with E-state index in [-0.39, 0.29) is 5.15 Å². The lowest BCUT2D eigenvalue weighted by Crippen LogP contribution is -1.96. The van der Waals surface area contributed by atoms with Crippen molar-refractivity contribution in [2.45, 2.75) is 28.7 Å². The molecule has 0 unspecified atom stereocenters. The first-order chi connectivity index (χ1) is 9.15. The number of hydrogen-bond acceptors (Lipinski definition) is 5. The molecule has 19 heavy (non-hydrogen) atoms. The van der Waals surface area contributed by atoms with Crippen LogP contribution in [0.15, 0.2) is 28.4 Å². The first kappa shape index (κ1) is 13.0. The smallest absolute Gasteiger partial charge is 0.158 e. The highest BCUT2D eigenvalue weighted by atomic mass is 35.5. The van der Waals surface area contributed by atoms with Gasteiger partial charge in [-0.05, 0) is 18.9 Å². The lowest BCUT2D eigenvalue weighted by molar-refractivity contribution is 1.00. The van der Waals surface area contributed by atoms with Crippen LogP contribution in [0.2, 0.25) is 10.2 Å². The van der Waals surface area contributed by atoms with Crippen molar-refractivity contribution in [3.05, 3.63) is 34.3 Å². The number of nitrogen functional groups attached to an aromatic ring is 1. The second kappa shape index (κ2) is 5.15. The standard InChI is InChI=1S/C12H10Cl2N4S/c13-8-5-17-12(11(15)18-8)19-7-3-4-16-10(9(7)14)6-1-2-6/h3-6H,1-2H2,(H2,15,18). The lowest BCUT2D eigenvalue weighted by Gasteiger charge is -2.08. The van der Waals surface area contributed by atoms with E-state index in [1.807, 2.05) is 6.07 Å². The number of nitrogens with two attached hydrogens (primary N) is 1. The minimum atomic E-state index is 0.279. The molecule has 0 saturated heterocycles. The third kappa shape index (κ3) is 2.78. The zero-order valence-electron chi connectivity index (χ0n) is 9.81. The highest BCUT2D eigenvalue weighted by Gasteiger charge is 2.28. The predicted octanol–water partition coefficient (Wildman–Crippen LogP) is 3.79. The van der Waals surface area contributed by atoms with Crippen molar-refractivity contribution in [1.82, 2.24) is 15.0 Å². The van der Waals surface area contributed by atoms with Crippen molar-refractivity contribution in [2.24, 2.45) is 0 Å². The molecule has 1 aliphatic carbocycles. The van der Waals surface area contributed by atoms with Crippen LogP contribution in [0.25, 0.3) is 0 Å². The van der Waals surface area contributed by atoms with E-state index in [4.69, 9.17) is 28.9 Å². The summed E-state index contributed by atoms with van der Waals surface area (Å²) in [6.07, 6.45) is 5.55. The van der Waals surface area contributed by atoms with Gasteiger partial charge in [-0.2, -0.15) is 0 Å². The fourth-order valence-corrected chi connectivity index (χ4v) is 3.02. The zero-order chi connectivity index (χ0) is 13.4. The first-order valence-electron chi connectivity index (χ1n) is 5.75. The van der Waals surface area contributed by atoms with Crippen LogP contribution < -0.4 is 5.73 Å². The molecule has 0 spiro atoms. The molecule has 0 atom stereocenters. The molecule has 3 rings (SSSR count). The van der Waals surface area contributed by atoms with E-state index in [2.05, 4.69) is 15.0 Å². The monoisotopic (exact) mass is 312 g/mol. The Labute approximate surface area is 124 Å². The molecule has 0 aromatic carbocycles. The van der Waals surface area contributed by atoms with Crippen molar-refractivity contribution in [3.63, 3.8) is 0 Å². The zero-order valence-corrected chi connectivity index (χ0v) is 12.1. The Bertz CT molecular complexity index is 631. The highest BCUT2D eigenvalue weighted by Crippen LogP contribution is 2.45. The maximum atomic E-state index is 6.38. The van der Waals surface area contributed by atoms with E-state index >= 15 is 0 Å². The maximum absolute atomic E-state index is 6.38. The van der Waals surface area contributed by atoms with Crippen LogP contribution in [0, 0.1) is 0 Å². The van der Waals surface area contributed by atoms with Gasteiger partial charge in [0.05, 0.1) is 16.9 Å². The van der Waals surface area contributed by atoms with Gasteiger partial charge >= 0.3 is 0 Å². The van der Waals surface area contributed by atoms with Crippen molar-refractivity contribution in [2.75, 3.05) is 5.73 Å². The molecule has 1 fully saturated rings. The molecule has 0 bridgehead atoms. The van der Waals surface area contributed by atoms with Crippen LogP contribution in [0.3, 0.4) is 0 Å².